The molecule has 0 unspecified atom stereocenters. The fraction of sp³-hybridized carbons (Fsp3) is 0.562. The van der Waals surface area contributed by atoms with Crippen LogP contribution < -0.4 is 4.74 Å². The predicted molar refractivity (Wildman–Crippen MR) is 76.1 cm³/mol. The minimum atomic E-state index is -0.555. The lowest BCUT2D eigenvalue weighted by Gasteiger charge is -2.21. The molecular weight excluding hydrogens is 256 g/mol. The molecule has 0 aromatic heterocycles. The van der Waals surface area contributed by atoms with Gasteiger partial charge in [-0.25, -0.2) is 4.79 Å². The Bertz CT molecular complexity index is 450. The lowest BCUT2D eigenvalue weighted by molar-refractivity contribution is 0.0597. The molecular formula is C16H22O4. The van der Waals surface area contributed by atoms with Gasteiger partial charge in [-0.15, -0.1) is 0 Å². The third-order valence-corrected chi connectivity index (χ3v) is 3.89. The summed E-state index contributed by atoms with van der Waals surface area (Å²) in [4.78, 5) is 11.5. The van der Waals surface area contributed by atoms with Crippen molar-refractivity contribution in [2.24, 2.45) is 5.92 Å². The Morgan fingerprint density at radius 2 is 2.05 bits per heavy atom. The van der Waals surface area contributed by atoms with E-state index in [1.165, 1.54) is 51.3 Å². The minimum Gasteiger partial charge on any atom is -0.507 e. The molecule has 4 heteroatoms. The SMILES string of the molecule is COC(=O)c1cc(OCCC2CCCCC2)ccc1O. The first kappa shape index (κ1) is 14.7. The maximum Gasteiger partial charge on any atom is 0.341 e. The summed E-state index contributed by atoms with van der Waals surface area (Å²) in [6, 6.07) is 4.66. The summed E-state index contributed by atoms with van der Waals surface area (Å²) in [7, 11) is 1.29. The molecule has 2 rings (SSSR count). The molecule has 1 N–H and O–H groups in total. The highest BCUT2D eigenvalue weighted by Crippen LogP contribution is 2.27. The van der Waals surface area contributed by atoms with Crippen molar-refractivity contribution in [2.45, 2.75) is 38.5 Å². The van der Waals surface area contributed by atoms with Gasteiger partial charge in [0.15, 0.2) is 0 Å². The number of carbonyl (C=O) groups excluding carboxylic acids is 1. The molecule has 0 radical (unpaired) electrons. The lowest BCUT2D eigenvalue weighted by Crippen LogP contribution is -2.11. The fourth-order valence-electron chi connectivity index (χ4n) is 2.70. The smallest absolute Gasteiger partial charge is 0.341 e. The van der Waals surface area contributed by atoms with Crippen LogP contribution in [0, 0.1) is 5.92 Å². The second-order valence-electron chi connectivity index (χ2n) is 5.31. The fourth-order valence-corrected chi connectivity index (χ4v) is 2.70. The van der Waals surface area contributed by atoms with Crippen LogP contribution in [0.15, 0.2) is 18.2 Å². The van der Waals surface area contributed by atoms with E-state index in [0.29, 0.717) is 12.4 Å². The van der Waals surface area contributed by atoms with Crippen LogP contribution in [0.25, 0.3) is 0 Å². The summed E-state index contributed by atoms with van der Waals surface area (Å²) in [5.41, 5.74) is 0.141. The second-order valence-corrected chi connectivity index (χ2v) is 5.31. The van der Waals surface area contributed by atoms with Crippen molar-refractivity contribution in [3.05, 3.63) is 23.8 Å². The van der Waals surface area contributed by atoms with Gasteiger partial charge in [0.05, 0.1) is 13.7 Å². The summed E-state index contributed by atoms with van der Waals surface area (Å²) >= 11 is 0. The highest BCUT2D eigenvalue weighted by molar-refractivity contribution is 5.92. The van der Waals surface area contributed by atoms with Gasteiger partial charge in [0.1, 0.15) is 17.1 Å². The van der Waals surface area contributed by atoms with Crippen molar-refractivity contribution in [1.82, 2.24) is 0 Å². The van der Waals surface area contributed by atoms with Crippen LogP contribution >= 0.6 is 0 Å². The van der Waals surface area contributed by atoms with Crippen LogP contribution in [0.5, 0.6) is 11.5 Å². The van der Waals surface area contributed by atoms with E-state index in [4.69, 9.17) is 4.74 Å². The van der Waals surface area contributed by atoms with Crippen molar-refractivity contribution in [1.29, 1.82) is 0 Å². The average Bonchev–Trinajstić information content (AvgIpc) is 2.49. The number of aromatic hydroxyl groups is 1. The molecule has 1 saturated carbocycles. The van der Waals surface area contributed by atoms with Crippen molar-refractivity contribution >= 4 is 5.97 Å². The first-order chi connectivity index (χ1) is 9.70. The highest BCUT2D eigenvalue weighted by atomic mass is 16.5. The Kier molecular flexibility index (Phi) is 5.27. The maximum atomic E-state index is 11.5. The number of hydrogen-bond acceptors (Lipinski definition) is 4. The molecule has 4 nitrogen and oxygen atoms in total. The van der Waals surface area contributed by atoms with Crippen LogP contribution in [0.3, 0.4) is 0 Å². The Morgan fingerprint density at radius 3 is 2.75 bits per heavy atom. The van der Waals surface area contributed by atoms with Crippen LogP contribution in [0.1, 0.15) is 48.9 Å². The van der Waals surface area contributed by atoms with Gasteiger partial charge in [-0.3, -0.25) is 0 Å². The molecule has 1 aliphatic rings. The molecule has 0 atom stereocenters. The summed E-state index contributed by atoms with van der Waals surface area (Å²) in [6.07, 6.45) is 7.66. The number of rotatable bonds is 5. The van der Waals surface area contributed by atoms with Gasteiger partial charge in [0.2, 0.25) is 0 Å². The molecule has 1 fully saturated rings. The summed E-state index contributed by atoms with van der Waals surface area (Å²) in [6.45, 7) is 0.649. The van der Waals surface area contributed by atoms with E-state index < -0.39 is 5.97 Å². The second kappa shape index (κ2) is 7.17. The zero-order chi connectivity index (χ0) is 14.4. The van der Waals surface area contributed by atoms with Crippen molar-refractivity contribution in [3.63, 3.8) is 0 Å². The van der Waals surface area contributed by atoms with E-state index in [1.807, 2.05) is 0 Å². The molecule has 0 saturated heterocycles. The van der Waals surface area contributed by atoms with E-state index in [2.05, 4.69) is 4.74 Å². The average molecular weight is 278 g/mol. The molecule has 0 bridgehead atoms. The zero-order valence-corrected chi connectivity index (χ0v) is 11.9. The molecule has 1 aromatic carbocycles. The van der Waals surface area contributed by atoms with Gasteiger partial charge in [-0.2, -0.15) is 0 Å². The maximum absolute atomic E-state index is 11.5. The molecule has 0 aliphatic heterocycles. The Labute approximate surface area is 119 Å². The Balaban J connectivity index is 1.87. The molecule has 0 amide bonds. The minimum absolute atomic E-state index is 0.0866. The number of ether oxygens (including phenoxy) is 2. The normalized spacial score (nSPS) is 15.8. The van der Waals surface area contributed by atoms with Gasteiger partial charge < -0.3 is 14.6 Å². The summed E-state index contributed by atoms with van der Waals surface area (Å²) < 4.78 is 10.3. The molecule has 1 aromatic rings. The largest absolute Gasteiger partial charge is 0.507 e. The number of phenolic OH excluding ortho intramolecular Hbond substituents is 1. The molecule has 1 aliphatic carbocycles. The van der Waals surface area contributed by atoms with E-state index in [1.54, 1.807) is 6.07 Å². The zero-order valence-electron chi connectivity index (χ0n) is 11.9. The van der Waals surface area contributed by atoms with Gasteiger partial charge in [0.25, 0.3) is 0 Å². The van der Waals surface area contributed by atoms with E-state index in [-0.39, 0.29) is 11.3 Å². The topological polar surface area (TPSA) is 55.8 Å². The van der Waals surface area contributed by atoms with E-state index >= 15 is 0 Å². The van der Waals surface area contributed by atoms with E-state index in [9.17, 15) is 9.90 Å². The third kappa shape index (κ3) is 3.89. The Hall–Kier alpha value is -1.71. The van der Waals surface area contributed by atoms with Crippen molar-refractivity contribution < 1.29 is 19.4 Å². The third-order valence-electron chi connectivity index (χ3n) is 3.89. The summed E-state index contributed by atoms with van der Waals surface area (Å²) in [5.74, 6) is 0.719. The van der Waals surface area contributed by atoms with Crippen LogP contribution in [-0.2, 0) is 4.74 Å². The van der Waals surface area contributed by atoms with Gasteiger partial charge in [-0.05, 0) is 30.5 Å². The van der Waals surface area contributed by atoms with Crippen LogP contribution in [0.2, 0.25) is 0 Å². The number of carbonyl (C=O) groups is 1. The number of hydrogen-bond donors (Lipinski definition) is 1. The monoisotopic (exact) mass is 278 g/mol. The number of esters is 1. The molecule has 0 spiro atoms. The van der Waals surface area contributed by atoms with Gasteiger partial charge >= 0.3 is 5.97 Å². The Morgan fingerprint density at radius 1 is 1.30 bits per heavy atom. The number of benzene rings is 1. The quantitative estimate of drug-likeness (QED) is 0.837. The van der Waals surface area contributed by atoms with Gasteiger partial charge in [-0.1, -0.05) is 32.1 Å². The number of phenols is 1. The predicted octanol–water partition coefficient (Wildman–Crippen LogP) is 3.53. The first-order valence-electron chi connectivity index (χ1n) is 7.25. The van der Waals surface area contributed by atoms with Gasteiger partial charge in [0, 0.05) is 0 Å². The first-order valence-corrected chi connectivity index (χ1v) is 7.25. The highest BCUT2D eigenvalue weighted by Gasteiger charge is 2.15. The van der Waals surface area contributed by atoms with Crippen molar-refractivity contribution in [2.75, 3.05) is 13.7 Å². The van der Waals surface area contributed by atoms with Crippen molar-refractivity contribution in [3.8, 4) is 11.5 Å². The van der Waals surface area contributed by atoms with Crippen LogP contribution in [0.4, 0.5) is 0 Å². The standard InChI is InChI=1S/C16H22O4/c1-19-16(18)14-11-13(7-8-15(14)17)20-10-9-12-5-3-2-4-6-12/h7-8,11-12,17H,2-6,9-10H2,1H3. The van der Waals surface area contributed by atoms with E-state index in [0.717, 1.165) is 12.3 Å². The lowest BCUT2D eigenvalue weighted by atomic mass is 9.87. The molecule has 110 valence electrons. The molecule has 20 heavy (non-hydrogen) atoms. The van der Waals surface area contributed by atoms with Crippen LogP contribution in [-0.4, -0.2) is 24.8 Å². The summed E-state index contributed by atoms with van der Waals surface area (Å²) in [5, 5.41) is 9.61. The molecule has 0 heterocycles. The number of methoxy groups -OCH3 is 1.